The predicted octanol–water partition coefficient (Wildman–Crippen LogP) is 0.659. The molecule has 1 rings (SSSR count). The number of carbonyl (C=O) groups excluding carboxylic acids is 6. The number of alkyl carbamates (subject to hydrolysis) is 1. The summed E-state index contributed by atoms with van der Waals surface area (Å²) in [5.74, 6) is -2.55. The zero-order valence-corrected chi connectivity index (χ0v) is 23.8. The molecule has 5 amide bonds. The number of hydrogen-bond acceptors (Lipinski definition) is 9. The number of nitrogens with two attached hydrogens (primary N) is 1. The van der Waals surface area contributed by atoms with Crippen LogP contribution in [0.2, 0.25) is 0 Å². The molecule has 6 N–H and O–H groups in total. The second-order valence-electron chi connectivity index (χ2n) is 10.8. The van der Waals surface area contributed by atoms with Gasteiger partial charge in [0.05, 0.1) is 13.1 Å². The van der Waals surface area contributed by atoms with Gasteiger partial charge in [-0.2, -0.15) is 0 Å². The Balaban J connectivity index is 2.89. The van der Waals surface area contributed by atoms with E-state index in [0.717, 1.165) is 0 Å². The molecule has 0 aliphatic heterocycles. The monoisotopic (exact) mass is 565 g/mol. The molecular formula is C26H39N5O9. The van der Waals surface area contributed by atoms with Gasteiger partial charge >= 0.3 is 12.2 Å². The molecule has 222 valence electrons. The number of amides is 5. The van der Waals surface area contributed by atoms with E-state index in [2.05, 4.69) is 21.3 Å². The minimum absolute atomic E-state index is 0.00164. The molecule has 0 spiro atoms. The maximum atomic E-state index is 13.0. The molecule has 0 saturated carbocycles. The van der Waals surface area contributed by atoms with Crippen molar-refractivity contribution in [2.24, 2.45) is 5.73 Å². The Morgan fingerprint density at radius 2 is 1.38 bits per heavy atom. The van der Waals surface area contributed by atoms with Crippen LogP contribution in [0.15, 0.2) is 24.3 Å². The fourth-order valence-electron chi connectivity index (χ4n) is 2.90. The molecule has 14 heteroatoms. The highest BCUT2D eigenvalue weighted by Gasteiger charge is 2.27. The molecule has 0 aromatic heterocycles. The Labute approximate surface area is 233 Å². The van der Waals surface area contributed by atoms with Gasteiger partial charge in [-0.05, 0) is 66.2 Å². The van der Waals surface area contributed by atoms with Crippen LogP contribution in [0.25, 0.3) is 0 Å². The summed E-state index contributed by atoms with van der Waals surface area (Å²) in [6.45, 7) is 10.7. The van der Waals surface area contributed by atoms with Crippen molar-refractivity contribution in [1.29, 1.82) is 0 Å². The average molecular weight is 566 g/mol. The van der Waals surface area contributed by atoms with Gasteiger partial charge in [0.1, 0.15) is 29.0 Å². The first-order valence-corrected chi connectivity index (χ1v) is 12.5. The highest BCUT2D eigenvalue weighted by molar-refractivity contribution is 5.93. The number of benzene rings is 1. The van der Waals surface area contributed by atoms with E-state index in [1.165, 1.54) is 19.1 Å². The summed E-state index contributed by atoms with van der Waals surface area (Å²) in [7, 11) is 0. The van der Waals surface area contributed by atoms with Crippen LogP contribution < -0.4 is 31.7 Å². The normalized spacial score (nSPS) is 12.7. The molecule has 0 fully saturated rings. The Kier molecular flexibility index (Phi) is 12.4. The summed E-state index contributed by atoms with van der Waals surface area (Å²) >= 11 is 0. The van der Waals surface area contributed by atoms with Gasteiger partial charge in [0, 0.05) is 6.42 Å². The van der Waals surface area contributed by atoms with Crippen molar-refractivity contribution in [3.8, 4) is 5.75 Å². The quantitative estimate of drug-likeness (QED) is 0.188. The average Bonchev–Trinajstić information content (AvgIpc) is 2.79. The molecule has 40 heavy (non-hydrogen) atoms. The van der Waals surface area contributed by atoms with Crippen LogP contribution in [0.4, 0.5) is 9.59 Å². The van der Waals surface area contributed by atoms with Crippen LogP contribution in [0.1, 0.15) is 54.0 Å². The first-order chi connectivity index (χ1) is 18.3. The Bertz CT molecular complexity index is 1080. The molecule has 0 bridgehead atoms. The zero-order valence-electron chi connectivity index (χ0n) is 23.8. The van der Waals surface area contributed by atoms with Gasteiger partial charge in [-0.1, -0.05) is 12.1 Å². The van der Waals surface area contributed by atoms with Crippen molar-refractivity contribution in [3.63, 3.8) is 0 Å². The molecule has 0 aliphatic carbocycles. The first kappa shape index (κ1) is 33.7. The first-order valence-electron chi connectivity index (χ1n) is 12.5. The number of hydrogen-bond donors (Lipinski definition) is 5. The fourth-order valence-corrected chi connectivity index (χ4v) is 2.90. The van der Waals surface area contributed by atoms with E-state index in [1.807, 2.05) is 0 Å². The Morgan fingerprint density at radius 3 is 1.90 bits per heavy atom. The second kappa shape index (κ2) is 14.7. The maximum absolute atomic E-state index is 13.0. The summed E-state index contributed by atoms with van der Waals surface area (Å²) in [4.78, 5) is 72.1. The van der Waals surface area contributed by atoms with E-state index >= 15 is 0 Å². The molecule has 0 radical (unpaired) electrons. The Morgan fingerprint density at radius 1 is 0.800 bits per heavy atom. The summed E-state index contributed by atoms with van der Waals surface area (Å²) in [6, 6.07) is 3.96. The lowest BCUT2D eigenvalue weighted by molar-refractivity contribution is -0.131. The minimum atomic E-state index is -1.15. The van der Waals surface area contributed by atoms with Crippen LogP contribution in [-0.4, -0.2) is 72.3 Å². The summed E-state index contributed by atoms with van der Waals surface area (Å²) in [5, 5.41) is 9.53. The van der Waals surface area contributed by atoms with Crippen LogP contribution in [0.3, 0.4) is 0 Å². The van der Waals surface area contributed by atoms with E-state index in [-0.39, 0.29) is 18.7 Å². The van der Waals surface area contributed by atoms with Gasteiger partial charge in [0.2, 0.25) is 23.6 Å². The van der Waals surface area contributed by atoms with Gasteiger partial charge in [-0.3, -0.25) is 19.2 Å². The molecular weight excluding hydrogens is 526 g/mol. The summed E-state index contributed by atoms with van der Waals surface area (Å²) in [6.07, 6.45) is -1.72. The summed E-state index contributed by atoms with van der Waals surface area (Å²) in [5.41, 5.74) is 3.99. The highest BCUT2D eigenvalue weighted by Crippen LogP contribution is 2.17. The molecule has 0 heterocycles. The van der Waals surface area contributed by atoms with Gasteiger partial charge in [-0.25, -0.2) is 9.59 Å². The predicted molar refractivity (Wildman–Crippen MR) is 143 cm³/mol. The largest absolute Gasteiger partial charge is 0.514 e. The molecule has 0 unspecified atom stereocenters. The number of carbonyl (C=O) groups is 6. The van der Waals surface area contributed by atoms with Crippen molar-refractivity contribution in [1.82, 2.24) is 21.3 Å². The number of rotatable bonds is 11. The lowest BCUT2D eigenvalue weighted by Gasteiger charge is -2.24. The van der Waals surface area contributed by atoms with Crippen molar-refractivity contribution in [3.05, 3.63) is 29.8 Å². The number of ether oxygens (including phenoxy) is 3. The van der Waals surface area contributed by atoms with Crippen molar-refractivity contribution < 1.29 is 43.0 Å². The highest BCUT2D eigenvalue weighted by atomic mass is 16.7. The third kappa shape index (κ3) is 14.5. The third-order valence-electron chi connectivity index (χ3n) is 4.60. The van der Waals surface area contributed by atoms with Gasteiger partial charge in [-0.15, -0.1) is 0 Å². The third-order valence-corrected chi connectivity index (χ3v) is 4.60. The molecule has 0 saturated heterocycles. The smallest absolute Gasteiger partial charge is 0.444 e. The van der Waals surface area contributed by atoms with Crippen molar-refractivity contribution >= 4 is 35.9 Å². The van der Waals surface area contributed by atoms with Crippen molar-refractivity contribution in [2.45, 2.75) is 78.2 Å². The van der Waals surface area contributed by atoms with Crippen LogP contribution >= 0.6 is 0 Å². The molecule has 2 atom stereocenters. The SMILES string of the molecule is C[C@H](NC(=O)[C@@H](Cc1ccc(OC(=O)OC(C)(C)C)cc1)NC(=O)OC(C)(C)C)C(=O)NCC(=O)NCC(N)=O. The zero-order chi connectivity index (χ0) is 30.7. The van der Waals surface area contributed by atoms with Gasteiger partial charge < -0.3 is 41.2 Å². The van der Waals surface area contributed by atoms with E-state index in [1.54, 1.807) is 53.7 Å². The second-order valence-corrected chi connectivity index (χ2v) is 10.8. The van der Waals surface area contributed by atoms with E-state index in [4.69, 9.17) is 19.9 Å². The number of primary amides is 1. The molecule has 1 aromatic rings. The fraction of sp³-hybridized carbons (Fsp3) is 0.538. The van der Waals surface area contributed by atoms with Gasteiger partial charge in [0.15, 0.2) is 0 Å². The van der Waals surface area contributed by atoms with E-state index in [0.29, 0.717) is 5.56 Å². The van der Waals surface area contributed by atoms with Crippen molar-refractivity contribution in [2.75, 3.05) is 13.1 Å². The molecule has 1 aromatic carbocycles. The van der Waals surface area contributed by atoms with Gasteiger partial charge in [0.25, 0.3) is 0 Å². The lowest BCUT2D eigenvalue weighted by Crippen LogP contribution is -2.54. The summed E-state index contributed by atoms with van der Waals surface area (Å²) < 4.78 is 15.5. The maximum Gasteiger partial charge on any atom is 0.514 e. The Hall–Kier alpha value is -4.36. The number of nitrogens with one attached hydrogen (secondary N) is 4. The van der Waals surface area contributed by atoms with E-state index in [9.17, 15) is 28.8 Å². The van der Waals surface area contributed by atoms with Crippen LogP contribution in [-0.2, 0) is 35.1 Å². The van der Waals surface area contributed by atoms with E-state index < -0.39 is 65.7 Å². The minimum Gasteiger partial charge on any atom is -0.444 e. The lowest BCUT2D eigenvalue weighted by atomic mass is 10.0. The standard InChI is InChI=1S/C26H39N5O9/c1-15(21(34)29-14-20(33)28-13-19(27)32)30-22(35)18(31-23(36)39-25(2,3)4)12-16-8-10-17(11-9-16)38-24(37)40-26(5,6)7/h8-11,15,18H,12-14H2,1-7H3,(H2,27,32)(H,28,33)(H,29,34)(H,30,35)(H,31,36)/t15-,18+/m0/s1. The van der Waals surface area contributed by atoms with Crippen LogP contribution in [0.5, 0.6) is 5.75 Å². The van der Waals surface area contributed by atoms with Crippen LogP contribution in [0, 0.1) is 0 Å². The molecule has 0 aliphatic rings. The topological polar surface area (TPSA) is 204 Å². The molecule has 14 nitrogen and oxygen atoms in total.